The van der Waals surface area contributed by atoms with Gasteiger partial charge in [-0.25, -0.2) is 4.98 Å². The minimum Gasteiger partial charge on any atom is -0.370 e. The molecule has 1 fully saturated rings. The van der Waals surface area contributed by atoms with Crippen LogP contribution in [-0.2, 0) is 0 Å². The largest absolute Gasteiger partial charge is 0.370 e. The molecule has 0 bridgehead atoms. The molecule has 0 amide bonds. The lowest BCUT2D eigenvalue weighted by Crippen LogP contribution is -2.33. The molecule has 1 aliphatic rings. The van der Waals surface area contributed by atoms with Crippen LogP contribution in [0.2, 0.25) is 0 Å². The highest BCUT2D eigenvalue weighted by atomic mass is 16.5. The fourth-order valence-electron chi connectivity index (χ4n) is 2.42. The van der Waals surface area contributed by atoms with Gasteiger partial charge in [-0.15, -0.1) is 0 Å². The van der Waals surface area contributed by atoms with Crippen LogP contribution in [-0.4, -0.2) is 34.8 Å². The first-order valence-corrected chi connectivity index (χ1v) is 7.02. The minimum atomic E-state index is 0.535. The number of pyridine rings is 1. The molecule has 6 nitrogen and oxygen atoms in total. The normalized spacial score (nSPS) is 18.9. The summed E-state index contributed by atoms with van der Waals surface area (Å²) in [5.74, 6) is 2.69. The number of anilines is 1. The summed E-state index contributed by atoms with van der Waals surface area (Å²) in [6.45, 7) is 4.96. The number of hydrogen-bond acceptors (Lipinski definition) is 6. The fraction of sp³-hybridized carbons (Fsp3) is 0.500. The summed E-state index contributed by atoms with van der Waals surface area (Å²) in [6.07, 6.45) is 4.28. The molecule has 0 radical (unpaired) electrons. The second-order valence-corrected chi connectivity index (χ2v) is 5.17. The Bertz CT molecular complexity index is 562. The van der Waals surface area contributed by atoms with Gasteiger partial charge < -0.3 is 15.2 Å². The number of rotatable bonds is 4. The maximum Gasteiger partial charge on any atom is 0.258 e. The van der Waals surface area contributed by atoms with E-state index in [1.807, 2.05) is 19.1 Å². The van der Waals surface area contributed by atoms with E-state index in [0.717, 1.165) is 31.0 Å². The summed E-state index contributed by atoms with van der Waals surface area (Å²) in [6, 6.07) is 3.82. The van der Waals surface area contributed by atoms with Crippen molar-refractivity contribution < 1.29 is 4.52 Å². The Hall–Kier alpha value is -1.95. The quantitative estimate of drug-likeness (QED) is 0.885. The molecule has 1 aliphatic heterocycles. The molecule has 6 heteroatoms. The first kappa shape index (κ1) is 13.1. The maximum absolute atomic E-state index is 5.17. The fourth-order valence-corrected chi connectivity index (χ4v) is 2.42. The second kappa shape index (κ2) is 6.00. The number of nitrogens with zero attached hydrogens (tertiary/aromatic N) is 3. The molecular formula is C14H19N5O. The van der Waals surface area contributed by atoms with Crippen molar-refractivity contribution in [2.45, 2.75) is 19.8 Å². The number of piperidine rings is 1. The minimum absolute atomic E-state index is 0.535. The van der Waals surface area contributed by atoms with Crippen molar-refractivity contribution in [3.63, 3.8) is 0 Å². The molecule has 0 saturated carbocycles. The predicted octanol–water partition coefficient (Wildman–Crippen LogP) is 1.85. The van der Waals surface area contributed by atoms with Crippen molar-refractivity contribution in [3.05, 3.63) is 24.2 Å². The number of nitrogens with one attached hydrogen (secondary N) is 2. The van der Waals surface area contributed by atoms with Gasteiger partial charge in [-0.1, -0.05) is 5.16 Å². The third-order valence-electron chi connectivity index (χ3n) is 3.51. The highest BCUT2D eigenvalue weighted by Gasteiger charge is 2.13. The highest BCUT2D eigenvalue weighted by Crippen LogP contribution is 2.19. The first-order chi connectivity index (χ1) is 9.81. The Morgan fingerprint density at radius 2 is 2.45 bits per heavy atom. The number of aryl methyl sites for hydroxylation is 1. The van der Waals surface area contributed by atoms with Crippen LogP contribution in [0.25, 0.3) is 11.5 Å². The van der Waals surface area contributed by atoms with Crippen LogP contribution in [0.15, 0.2) is 22.9 Å². The molecule has 2 aromatic heterocycles. The molecule has 1 saturated heterocycles. The Balaban J connectivity index is 1.65. The lowest BCUT2D eigenvalue weighted by molar-refractivity contribution is 0.392. The van der Waals surface area contributed by atoms with Crippen LogP contribution < -0.4 is 10.6 Å². The van der Waals surface area contributed by atoms with Crippen molar-refractivity contribution in [3.8, 4) is 11.5 Å². The summed E-state index contributed by atoms with van der Waals surface area (Å²) in [7, 11) is 0. The standard InChI is InChI=1S/C14H19N5O/c1-10-18-14(20-19-10)12-4-6-16-13(7-12)17-9-11-3-2-5-15-8-11/h4,6-7,11,15H,2-3,5,8-9H2,1H3,(H,16,17). The van der Waals surface area contributed by atoms with Gasteiger partial charge in [0.1, 0.15) is 5.82 Å². The van der Waals surface area contributed by atoms with Gasteiger partial charge in [0, 0.05) is 18.3 Å². The topological polar surface area (TPSA) is 75.9 Å². The van der Waals surface area contributed by atoms with E-state index in [-0.39, 0.29) is 0 Å². The van der Waals surface area contributed by atoms with Crippen LogP contribution in [0, 0.1) is 12.8 Å². The van der Waals surface area contributed by atoms with E-state index in [9.17, 15) is 0 Å². The summed E-state index contributed by atoms with van der Waals surface area (Å²) in [5.41, 5.74) is 0.893. The van der Waals surface area contributed by atoms with Gasteiger partial charge in [-0.2, -0.15) is 4.98 Å². The zero-order valence-electron chi connectivity index (χ0n) is 11.6. The lowest BCUT2D eigenvalue weighted by atomic mass is 10.00. The van der Waals surface area contributed by atoms with Crippen molar-refractivity contribution in [2.24, 2.45) is 5.92 Å². The Kier molecular flexibility index (Phi) is 3.92. The smallest absolute Gasteiger partial charge is 0.258 e. The van der Waals surface area contributed by atoms with Gasteiger partial charge in [0.25, 0.3) is 5.89 Å². The molecule has 2 aromatic rings. The average molecular weight is 273 g/mol. The molecule has 0 aromatic carbocycles. The van der Waals surface area contributed by atoms with Gasteiger partial charge >= 0.3 is 0 Å². The van der Waals surface area contributed by atoms with Crippen LogP contribution >= 0.6 is 0 Å². The lowest BCUT2D eigenvalue weighted by Gasteiger charge is -2.23. The monoisotopic (exact) mass is 273 g/mol. The van der Waals surface area contributed by atoms with Gasteiger partial charge in [0.2, 0.25) is 0 Å². The van der Waals surface area contributed by atoms with Crippen molar-refractivity contribution in [1.82, 2.24) is 20.4 Å². The Morgan fingerprint density at radius 1 is 1.50 bits per heavy atom. The van der Waals surface area contributed by atoms with E-state index in [1.165, 1.54) is 12.8 Å². The summed E-state index contributed by atoms with van der Waals surface area (Å²) < 4.78 is 5.17. The molecule has 3 heterocycles. The van der Waals surface area contributed by atoms with Crippen LogP contribution in [0.1, 0.15) is 18.7 Å². The van der Waals surface area contributed by atoms with Crippen LogP contribution in [0.5, 0.6) is 0 Å². The van der Waals surface area contributed by atoms with Gasteiger partial charge in [0.05, 0.1) is 0 Å². The zero-order chi connectivity index (χ0) is 13.8. The van der Waals surface area contributed by atoms with Crippen LogP contribution in [0.4, 0.5) is 5.82 Å². The first-order valence-electron chi connectivity index (χ1n) is 7.02. The van der Waals surface area contributed by atoms with Gasteiger partial charge in [0.15, 0.2) is 5.82 Å². The Labute approximate surface area is 118 Å². The van der Waals surface area contributed by atoms with E-state index in [0.29, 0.717) is 17.6 Å². The average Bonchev–Trinajstić information content (AvgIpc) is 2.93. The third-order valence-corrected chi connectivity index (χ3v) is 3.51. The summed E-state index contributed by atoms with van der Waals surface area (Å²) in [5, 5.41) is 10.6. The summed E-state index contributed by atoms with van der Waals surface area (Å²) >= 11 is 0. The predicted molar refractivity (Wildman–Crippen MR) is 76.3 cm³/mol. The van der Waals surface area contributed by atoms with E-state index in [1.54, 1.807) is 6.20 Å². The molecule has 2 N–H and O–H groups in total. The van der Waals surface area contributed by atoms with Gasteiger partial charge in [-0.3, -0.25) is 0 Å². The Morgan fingerprint density at radius 3 is 3.20 bits per heavy atom. The molecule has 20 heavy (non-hydrogen) atoms. The third kappa shape index (κ3) is 3.14. The van der Waals surface area contributed by atoms with E-state index in [2.05, 4.69) is 25.8 Å². The molecular weight excluding hydrogens is 254 g/mol. The van der Waals surface area contributed by atoms with E-state index in [4.69, 9.17) is 4.52 Å². The van der Waals surface area contributed by atoms with E-state index < -0.39 is 0 Å². The number of aromatic nitrogens is 3. The summed E-state index contributed by atoms with van der Waals surface area (Å²) in [4.78, 5) is 8.56. The van der Waals surface area contributed by atoms with E-state index >= 15 is 0 Å². The van der Waals surface area contributed by atoms with Crippen molar-refractivity contribution in [1.29, 1.82) is 0 Å². The van der Waals surface area contributed by atoms with Crippen LogP contribution in [0.3, 0.4) is 0 Å². The second-order valence-electron chi connectivity index (χ2n) is 5.17. The van der Waals surface area contributed by atoms with Crippen molar-refractivity contribution >= 4 is 5.82 Å². The molecule has 0 spiro atoms. The molecule has 1 atom stereocenters. The number of hydrogen-bond donors (Lipinski definition) is 2. The molecule has 3 rings (SSSR count). The molecule has 106 valence electrons. The van der Waals surface area contributed by atoms with Crippen molar-refractivity contribution in [2.75, 3.05) is 25.0 Å². The molecule has 1 unspecified atom stereocenters. The SMILES string of the molecule is Cc1noc(-c2ccnc(NCC3CCCNC3)c2)n1. The maximum atomic E-state index is 5.17. The highest BCUT2D eigenvalue weighted by molar-refractivity contribution is 5.57. The molecule has 0 aliphatic carbocycles. The van der Waals surface area contributed by atoms with Gasteiger partial charge in [-0.05, 0) is 50.9 Å². The zero-order valence-corrected chi connectivity index (χ0v) is 11.6.